The molecule has 5 amide bonds. The molecule has 0 aliphatic carbocycles. The van der Waals surface area contributed by atoms with E-state index >= 15 is 0 Å². The van der Waals surface area contributed by atoms with Gasteiger partial charge >= 0.3 is 5.97 Å². The van der Waals surface area contributed by atoms with Gasteiger partial charge in [0, 0.05) is 35.8 Å². The summed E-state index contributed by atoms with van der Waals surface area (Å²) in [6.07, 6.45) is 1.54. The van der Waals surface area contributed by atoms with Crippen LogP contribution < -0.4 is 31.3 Å². The Kier molecular flexibility index (Phi) is 23.1. The second-order valence-corrected chi connectivity index (χ2v) is 15.2. The van der Waals surface area contributed by atoms with Crippen molar-refractivity contribution < 1.29 is 43.0 Å². The van der Waals surface area contributed by atoms with Crippen LogP contribution in [0.2, 0.25) is 0 Å². The van der Waals surface area contributed by atoms with Crippen molar-refractivity contribution in [2.24, 2.45) is 27.5 Å². The molecule has 0 aromatic heterocycles. The van der Waals surface area contributed by atoms with E-state index in [1.54, 1.807) is 18.2 Å². The fraction of sp³-hybridized carbons (Fsp3) is 0.684. The molecule has 0 spiro atoms. The molecule has 1 aromatic rings. The van der Waals surface area contributed by atoms with Crippen molar-refractivity contribution in [1.29, 1.82) is 0 Å². The first-order chi connectivity index (χ1) is 27.3. The molecule has 0 aliphatic heterocycles. The summed E-state index contributed by atoms with van der Waals surface area (Å²) in [5.74, 6) is -2.94. The first-order valence-corrected chi connectivity index (χ1v) is 19.3. The minimum atomic E-state index is -1.16. The first kappa shape index (κ1) is 50.6. The van der Waals surface area contributed by atoms with Gasteiger partial charge in [0.05, 0.1) is 32.1 Å². The van der Waals surface area contributed by atoms with Crippen molar-refractivity contribution in [3.8, 4) is 5.75 Å². The summed E-state index contributed by atoms with van der Waals surface area (Å²) in [5, 5.41) is 19.6. The van der Waals surface area contributed by atoms with Crippen LogP contribution in [-0.4, -0.2) is 99.2 Å². The van der Waals surface area contributed by atoms with Gasteiger partial charge in [-0.2, -0.15) is 0 Å². The van der Waals surface area contributed by atoms with Gasteiger partial charge in [0.25, 0.3) is 0 Å². The van der Waals surface area contributed by atoms with Crippen LogP contribution in [0.3, 0.4) is 0 Å². The Labute approximate surface area is 339 Å². The second-order valence-electron chi connectivity index (χ2n) is 15.2. The molecule has 322 valence electrons. The largest absolute Gasteiger partial charge is 0.423 e. The molecule has 5 unspecified atom stereocenters. The molecule has 0 aliphatic rings. The third kappa shape index (κ3) is 20.7. The van der Waals surface area contributed by atoms with Crippen LogP contribution in [0, 0.1) is 17.3 Å². The van der Waals surface area contributed by atoms with Gasteiger partial charge in [-0.05, 0) is 86.5 Å². The van der Waals surface area contributed by atoms with Crippen molar-refractivity contribution in [2.45, 2.75) is 112 Å². The molecule has 0 bridgehead atoms. The highest BCUT2D eigenvalue weighted by Crippen LogP contribution is 2.33. The van der Waals surface area contributed by atoms with Crippen LogP contribution in [0.5, 0.6) is 5.75 Å². The maximum Gasteiger partial charge on any atom is 0.333 e. The van der Waals surface area contributed by atoms with Gasteiger partial charge in [-0.3, -0.25) is 24.0 Å². The van der Waals surface area contributed by atoms with Crippen molar-refractivity contribution in [1.82, 2.24) is 21.3 Å². The Morgan fingerprint density at radius 1 is 0.690 bits per heavy atom. The number of carbonyl (C=O) groups is 6. The van der Waals surface area contributed by atoms with Crippen LogP contribution in [0.15, 0.2) is 28.4 Å². The third-order valence-electron chi connectivity index (χ3n) is 9.08. The van der Waals surface area contributed by atoms with Crippen molar-refractivity contribution in [2.75, 3.05) is 44.8 Å². The highest BCUT2D eigenvalue weighted by Gasteiger charge is 2.26. The van der Waals surface area contributed by atoms with Crippen LogP contribution in [0.4, 0.5) is 5.69 Å². The number of hydrogen-bond acceptors (Lipinski definition) is 11. The highest BCUT2D eigenvalue weighted by molar-refractivity contribution is 5.99. The summed E-state index contributed by atoms with van der Waals surface area (Å²) >= 11 is 0. The summed E-state index contributed by atoms with van der Waals surface area (Å²) in [7, 11) is 0. The summed E-state index contributed by atoms with van der Waals surface area (Å²) < 4.78 is 16.1. The van der Waals surface area contributed by atoms with Gasteiger partial charge < -0.3 is 40.8 Å². The van der Waals surface area contributed by atoms with Gasteiger partial charge in [-0.15, -0.1) is 0 Å². The van der Waals surface area contributed by atoms with Crippen molar-refractivity contribution >= 4 is 41.2 Å². The minimum absolute atomic E-state index is 0.00141. The summed E-state index contributed by atoms with van der Waals surface area (Å²) in [6, 6.07) is 0.837. The molecule has 20 heteroatoms. The number of hydrogen-bond donors (Lipinski definition) is 5. The van der Waals surface area contributed by atoms with Crippen molar-refractivity contribution in [3.05, 3.63) is 44.6 Å². The molecule has 0 radical (unpaired) electrons. The second kappa shape index (κ2) is 26.5. The van der Waals surface area contributed by atoms with Crippen molar-refractivity contribution in [3.63, 3.8) is 0 Å². The predicted molar refractivity (Wildman–Crippen MR) is 216 cm³/mol. The molecule has 0 saturated carbocycles. The van der Waals surface area contributed by atoms with E-state index in [0.717, 1.165) is 12.0 Å². The highest BCUT2D eigenvalue weighted by atomic mass is 16.5. The lowest BCUT2D eigenvalue weighted by Crippen LogP contribution is -2.50. The van der Waals surface area contributed by atoms with Crippen LogP contribution in [-0.2, 0) is 44.7 Å². The van der Waals surface area contributed by atoms with E-state index in [1.807, 2.05) is 0 Å². The third-order valence-corrected chi connectivity index (χ3v) is 9.08. The standard InChI is InChI=1S/C38H61N11O9/c1-23(20-24(2)38(7,8)9)21-29-10-11-31(58-37(55)28(6)46-35(53)26(4)44-33(51)13-17-57-19-15-42-49-40)30(22-29)47-36(54)27(5)45-34(52)25(3)43-32(50)12-16-56-18-14-41-48-39/h10-11,22-28H,12-21H2,1-9H3,(H,43,50)(H,44,51)(H,45,52)(H,46,53)(H,47,54)/t23-,24?,25?,26?,27?,28?/m1/s1. The van der Waals surface area contributed by atoms with E-state index in [4.69, 9.17) is 25.3 Å². The average molecular weight is 816 g/mol. The molecular formula is C38H61N11O9. The van der Waals surface area contributed by atoms with E-state index in [2.05, 4.69) is 81.3 Å². The number of anilines is 1. The minimum Gasteiger partial charge on any atom is -0.423 e. The number of amides is 5. The fourth-order valence-corrected chi connectivity index (χ4v) is 5.17. The summed E-state index contributed by atoms with van der Waals surface area (Å²) in [5.41, 5.74) is 17.7. The smallest absolute Gasteiger partial charge is 0.333 e. The molecule has 0 saturated heterocycles. The number of rotatable bonds is 26. The van der Waals surface area contributed by atoms with E-state index in [9.17, 15) is 28.8 Å². The van der Waals surface area contributed by atoms with Crippen LogP contribution >= 0.6 is 0 Å². The van der Waals surface area contributed by atoms with E-state index < -0.39 is 59.7 Å². The number of nitrogens with zero attached hydrogens (tertiary/aromatic N) is 6. The molecule has 20 nitrogen and oxygen atoms in total. The molecule has 6 atom stereocenters. The number of carbonyl (C=O) groups excluding carboxylic acids is 6. The maximum absolute atomic E-state index is 13.4. The van der Waals surface area contributed by atoms with Gasteiger partial charge in [-0.25, -0.2) is 4.79 Å². The topological polar surface area (TPSA) is 288 Å². The van der Waals surface area contributed by atoms with E-state index in [0.29, 0.717) is 12.3 Å². The predicted octanol–water partition coefficient (Wildman–Crippen LogP) is 4.23. The molecular weight excluding hydrogens is 754 g/mol. The maximum atomic E-state index is 13.4. The zero-order chi connectivity index (χ0) is 43.8. The normalized spacial score (nSPS) is 14.1. The van der Waals surface area contributed by atoms with E-state index in [-0.39, 0.29) is 75.1 Å². The number of nitrogens with one attached hydrogen (secondary N) is 5. The lowest BCUT2D eigenvalue weighted by molar-refractivity contribution is -0.139. The summed E-state index contributed by atoms with van der Waals surface area (Å²) in [6.45, 7) is 17.4. The molecule has 5 N–H and O–H groups in total. The van der Waals surface area contributed by atoms with Gasteiger partial charge in [0.15, 0.2) is 5.75 Å². The number of ether oxygens (including phenoxy) is 3. The molecule has 58 heavy (non-hydrogen) atoms. The zero-order valence-corrected chi connectivity index (χ0v) is 35.1. The summed E-state index contributed by atoms with van der Waals surface area (Å²) in [4.78, 5) is 82.1. The first-order valence-electron chi connectivity index (χ1n) is 19.3. The number of benzene rings is 1. The Morgan fingerprint density at radius 3 is 1.66 bits per heavy atom. The Balaban J connectivity index is 3.01. The fourth-order valence-electron chi connectivity index (χ4n) is 5.17. The number of azide groups is 2. The Bertz CT molecular complexity index is 1640. The SMILES string of the molecule is CC(NC(=O)CCOCCN=[N+]=[N-])C(=O)NC(C)C(=O)Nc1cc(C[C@H](C)CC(C)C(C)(C)C)ccc1OC(=O)C(C)NC(=O)C(C)NC(=O)CCOCCN=[N+]=[N-]. The Morgan fingerprint density at radius 2 is 1.17 bits per heavy atom. The lowest BCUT2D eigenvalue weighted by Gasteiger charge is -2.29. The van der Waals surface area contributed by atoms with Crippen LogP contribution in [0.1, 0.15) is 87.1 Å². The molecule has 1 rings (SSSR count). The van der Waals surface area contributed by atoms with Gasteiger partial charge in [-0.1, -0.05) is 50.9 Å². The van der Waals surface area contributed by atoms with Gasteiger partial charge in [0.2, 0.25) is 29.5 Å². The zero-order valence-electron chi connectivity index (χ0n) is 35.1. The number of esters is 1. The van der Waals surface area contributed by atoms with Gasteiger partial charge in [0.1, 0.15) is 24.2 Å². The average Bonchev–Trinajstić information content (AvgIpc) is 3.14. The Hall–Kier alpha value is -5.42. The monoisotopic (exact) mass is 815 g/mol. The van der Waals surface area contributed by atoms with E-state index in [1.165, 1.54) is 27.7 Å². The molecule has 0 heterocycles. The quantitative estimate of drug-likeness (QED) is 0.0223. The molecule has 1 aromatic carbocycles. The molecule has 0 fully saturated rings. The van der Waals surface area contributed by atoms with Crippen LogP contribution in [0.25, 0.3) is 20.9 Å². The lowest BCUT2D eigenvalue weighted by atomic mass is 9.76.